The van der Waals surface area contributed by atoms with Gasteiger partial charge in [-0.15, -0.1) is 0 Å². The van der Waals surface area contributed by atoms with Crippen LogP contribution in [0.4, 0.5) is 4.39 Å². The first kappa shape index (κ1) is 10.7. The number of halogens is 1. The number of aryl methyl sites for hydroxylation is 1. The Kier molecular flexibility index (Phi) is 2.92. The third-order valence-corrected chi connectivity index (χ3v) is 2.39. The molecule has 0 fully saturated rings. The summed E-state index contributed by atoms with van der Waals surface area (Å²) in [6.45, 7) is 1.75. The van der Waals surface area contributed by atoms with Crippen LogP contribution in [0, 0.1) is 12.7 Å². The summed E-state index contributed by atoms with van der Waals surface area (Å²) in [7, 11) is 0. The van der Waals surface area contributed by atoms with Crippen LogP contribution < -0.4 is 0 Å². The molecule has 16 heavy (non-hydrogen) atoms. The summed E-state index contributed by atoms with van der Waals surface area (Å²) in [6, 6.07) is 4.26. The molecule has 0 saturated carbocycles. The maximum Gasteiger partial charge on any atom is 0.123 e. The Morgan fingerprint density at radius 1 is 1.31 bits per heavy atom. The fourth-order valence-electron chi connectivity index (χ4n) is 1.56. The van der Waals surface area contributed by atoms with Gasteiger partial charge in [0.2, 0.25) is 0 Å². The van der Waals surface area contributed by atoms with Gasteiger partial charge < -0.3 is 5.11 Å². The molecule has 1 atom stereocenters. The second-order valence-corrected chi connectivity index (χ2v) is 3.53. The summed E-state index contributed by atoms with van der Waals surface area (Å²) in [4.78, 5) is 7.89. The van der Waals surface area contributed by atoms with Crippen molar-refractivity contribution in [1.82, 2.24) is 9.97 Å². The van der Waals surface area contributed by atoms with Crippen molar-refractivity contribution in [3.8, 4) is 0 Å². The zero-order valence-corrected chi connectivity index (χ0v) is 8.76. The highest BCUT2D eigenvalue weighted by atomic mass is 19.1. The van der Waals surface area contributed by atoms with E-state index in [0.717, 1.165) is 0 Å². The average Bonchev–Trinajstić information content (AvgIpc) is 2.29. The Morgan fingerprint density at radius 2 is 2.12 bits per heavy atom. The molecule has 0 aliphatic heterocycles. The minimum Gasteiger partial charge on any atom is -0.382 e. The number of hydrogen-bond acceptors (Lipinski definition) is 3. The second kappa shape index (κ2) is 4.37. The Balaban J connectivity index is 2.38. The van der Waals surface area contributed by atoms with Gasteiger partial charge in [-0.25, -0.2) is 4.39 Å². The molecule has 0 radical (unpaired) electrons. The molecule has 0 amide bonds. The standard InChI is InChI=1S/C12H11FN2O/c1-8-6-9(13)2-3-10(8)12(16)11-7-14-4-5-15-11/h2-7,12,16H,1H3. The molecule has 2 rings (SSSR count). The van der Waals surface area contributed by atoms with E-state index >= 15 is 0 Å². The first-order valence-electron chi connectivity index (χ1n) is 4.88. The first-order valence-corrected chi connectivity index (χ1v) is 4.88. The summed E-state index contributed by atoms with van der Waals surface area (Å²) in [5.74, 6) is -0.312. The van der Waals surface area contributed by atoms with E-state index in [-0.39, 0.29) is 5.82 Å². The van der Waals surface area contributed by atoms with E-state index in [1.54, 1.807) is 13.0 Å². The molecule has 0 saturated heterocycles. The molecule has 82 valence electrons. The quantitative estimate of drug-likeness (QED) is 0.838. The van der Waals surface area contributed by atoms with Crippen LogP contribution in [-0.4, -0.2) is 15.1 Å². The Morgan fingerprint density at radius 3 is 2.75 bits per heavy atom. The van der Waals surface area contributed by atoms with Crippen LogP contribution in [0.25, 0.3) is 0 Å². The van der Waals surface area contributed by atoms with E-state index < -0.39 is 6.10 Å². The fourth-order valence-corrected chi connectivity index (χ4v) is 1.56. The maximum absolute atomic E-state index is 12.9. The molecule has 1 aromatic carbocycles. The minimum absolute atomic E-state index is 0.312. The first-order chi connectivity index (χ1) is 7.68. The Hall–Kier alpha value is -1.81. The molecule has 4 heteroatoms. The zero-order chi connectivity index (χ0) is 11.5. The highest BCUT2D eigenvalue weighted by molar-refractivity contribution is 5.32. The molecular formula is C12H11FN2O. The Bertz CT molecular complexity index is 488. The normalized spacial score (nSPS) is 12.4. The molecule has 1 heterocycles. The van der Waals surface area contributed by atoms with Gasteiger partial charge in [-0.1, -0.05) is 6.07 Å². The van der Waals surface area contributed by atoms with Gasteiger partial charge in [-0.2, -0.15) is 0 Å². The van der Waals surface area contributed by atoms with Crippen molar-refractivity contribution in [2.45, 2.75) is 13.0 Å². The molecule has 0 spiro atoms. The third kappa shape index (κ3) is 2.06. The number of aliphatic hydroxyl groups excluding tert-OH is 1. The minimum atomic E-state index is -0.866. The van der Waals surface area contributed by atoms with Crippen molar-refractivity contribution < 1.29 is 9.50 Å². The second-order valence-electron chi connectivity index (χ2n) is 3.53. The lowest BCUT2D eigenvalue weighted by Crippen LogP contribution is -2.04. The van der Waals surface area contributed by atoms with Crippen LogP contribution in [0.1, 0.15) is 22.9 Å². The number of benzene rings is 1. The van der Waals surface area contributed by atoms with Crippen LogP contribution in [0.2, 0.25) is 0 Å². The SMILES string of the molecule is Cc1cc(F)ccc1C(O)c1cnccn1. The molecule has 1 unspecified atom stereocenters. The lowest BCUT2D eigenvalue weighted by atomic mass is 10.0. The summed E-state index contributed by atoms with van der Waals surface area (Å²) < 4.78 is 12.9. The predicted octanol–water partition coefficient (Wildman–Crippen LogP) is 2.01. The van der Waals surface area contributed by atoms with Crippen molar-refractivity contribution >= 4 is 0 Å². The lowest BCUT2D eigenvalue weighted by molar-refractivity contribution is 0.214. The van der Waals surface area contributed by atoms with Crippen LogP contribution in [0.5, 0.6) is 0 Å². The molecule has 2 aromatic rings. The molecule has 3 nitrogen and oxygen atoms in total. The molecule has 0 bridgehead atoms. The molecular weight excluding hydrogens is 207 g/mol. The molecule has 1 aromatic heterocycles. The van der Waals surface area contributed by atoms with Crippen molar-refractivity contribution in [3.63, 3.8) is 0 Å². The van der Waals surface area contributed by atoms with Gasteiger partial charge in [-0.05, 0) is 30.2 Å². The fraction of sp³-hybridized carbons (Fsp3) is 0.167. The number of hydrogen-bond donors (Lipinski definition) is 1. The maximum atomic E-state index is 12.9. The van der Waals surface area contributed by atoms with Crippen molar-refractivity contribution in [2.24, 2.45) is 0 Å². The summed E-state index contributed by atoms with van der Waals surface area (Å²) in [5.41, 5.74) is 1.79. The highest BCUT2D eigenvalue weighted by Gasteiger charge is 2.14. The van der Waals surface area contributed by atoms with E-state index in [1.807, 2.05) is 0 Å². The zero-order valence-electron chi connectivity index (χ0n) is 8.76. The summed E-state index contributed by atoms with van der Waals surface area (Å²) in [6.07, 6.45) is 3.67. The number of rotatable bonds is 2. The number of nitrogens with zero attached hydrogens (tertiary/aromatic N) is 2. The van der Waals surface area contributed by atoms with Gasteiger partial charge in [0.05, 0.1) is 11.9 Å². The highest BCUT2D eigenvalue weighted by Crippen LogP contribution is 2.23. The van der Waals surface area contributed by atoms with Gasteiger partial charge in [0, 0.05) is 12.4 Å². The van der Waals surface area contributed by atoms with E-state index in [4.69, 9.17) is 0 Å². The summed E-state index contributed by atoms with van der Waals surface area (Å²) >= 11 is 0. The van der Waals surface area contributed by atoms with Gasteiger partial charge in [0.1, 0.15) is 11.9 Å². The van der Waals surface area contributed by atoms with E-state index in [2.05, 4.69) is 9.97 Å². The predicted molar refractivity (Wildman–Crippen MR) is 57.2 cm³/mol. The van der Waals surface area contributed by atoms with Crippen molar-refractivity contribution in [3.05, 3.63) is 59.4 Å². The average molecular weight is 218 g/mol. The summed E-state index contributed by atoms with van der Waals surface area (Å²) in [5, 5.41) is 10.0. The monoisotopic (exact) mass is 218 g/mol. The Labute approximate surface area is 92.6 Å². The third-order valence-electron chi connectivity index (χ3n) is 2.39. The van der Waals surface area contributed by atoms with Crippen LogP contribution >= 0.6 is 0 Å². The van der Waals surface area contributed by atoms with Gasteiger partial charge in [-0.3, -0.25) is 9.97 Å². The van der Waals surface area contributed by atoms with E-state index in [0.29, 0.717) is 16.8 Å². The molecule has 1 N–H and O–H groups in total. The topological polar surface area (TPSA) is 46.0 Å². The van der Waals surface area contributed by atoms with Crippen LogP contribution in [0.15, 0.2) is 36.8 Å². The van der Waals surface area contributed by atoms with Gasteiger partial charge in [0.25, 0.3) is 0 Å². The van der Waals surface area contributed by atoms with Gasteiger partial charge in [0.15, 0.2) is 0 Å². The lowest BCUT2D eigenvalue weighted by Gasteiger charge is -2.12. The van der Waals surface area contributed by atoms with Crippen molar-refractivity contribution in [2.75, 3.05) is 0 Å². The smallest absolute Gasteiger partial charge is 0.123 e. The van der Waals surface area contributed by atoms with E-state index in [9.17, 15) is 9.50 Å². The van der Waals surface area contributed by atoms with Crippen LogP contribution in [-0.2, 0) is 0 Å². The number of aliphatic hydroxyl groups is 1. The number of aromatic nitrogens is 2. The largest absolute Gasteiger partial charge is 0.382 e. The molecule has 0 aliphatic rings. The van der Waals surface area contributed by atoms with Crippen molar-refractivity contribution in [1.29, 1.82) is 0 Å². The van der Waals surface area contributed by atoms with Gasteiger partial charge >= 0.3 is 0 Å². The molecule has 0 aliphatic carbocycles. The van der Waals surface area contributed by atoms with E-state index in [1.165, 1.54) is 30.7 Å². The van der Waals surface area contributed by atoms with Crippen LogP contribution in [0.3, 0.4) is 0 Å².